The van der Waals surface area contributed by atoms with Gasteiger partial charge in [-0.2, -0.15) is 0 Å². The molecule has 28 heavy (non-hydrogen) atoms. The molecular weight excluding hydrogens is 352 g/mol. The highest BCUT2D eigenvalue weighted by molar-refractivity contribution is 6.07. The molecule has 0 atom stereocenters. The largest absolute Gasteiger partial charge is 0.490 e. The van der Waals surface area contributed by atoms with E-state index in [1.165, 1.54) is 0 Å². The van der Waals surface area contributed by atoms with Crippen molar-refractivity contribution >= 4 is 11.9 Å². The van der Waals surface area contributed by atoms with E-state index in [-0.39, 0.29) is 11.9 Å². The molecule has 1 aromatic heterocycles. The molecule has 0 N–H and O–H groups in total. The lowest BCUT2D eigenvalue weighted by Crippen LogP contribution is -2.06. The first-order valence-electron chi connectivity index (χ1n) is 9.20. The van der Waals surface area contributed by atoms with Crippen LogP contribution in [0.15, 0.2) is 67.0 Å². The number of para-hydroxylation sites is 1. The number of imidazole rings is 1. The van der Waals surface area contributed by atoms with Crippen molar-refractivity contribution in [1.29, 1.82) is 0 Å². The number of nitrogens with zero attached hydrogens (tertiary/aromatic N) is 2. The molecule has 3 aromatic rings. The number of allylic oxidation sites excluding steroid dienone is 1. The van der Waals surface area contributed by atoms with Gasteiger partial charge in [0.2, 0.25) is 0 Å². The maximum Gasteiger partial charge on any atom is 0.185 e. The standard InChI is InChI=1S/C23H24N2O3/c1-17(2)28-22-7-5-4-6-19(22)10-13-21(26)18-8-11-20(12-9-18)27-16-23-24-14-15-25(23)3/h4-15,17H,16H2,1-3H3. The summed E-state index contributed by atoms with van der Waals surface area (Å²) in [6.07, 6.45) is 7.02. The number of aromatic nitrogens is 2. The summed E-state index contributed by atoms with van der Waals surface area (Å²) in [7, 11) is 1.92. The van der Waals surface area contributed by atoms with Crippen LogP contribution in [0.3, 0.4) is 0 Å². The van der Waals surface area contributed by atoms with Crippen LogP contribution >= 0.6 is 0 Å². The average molecular weight is 376 g/mol. The second kappa shape index (κ2) is 9.04. The number of carbonyl (C=O) groups is 1. The number of benzene rings is 2. The van der Waals surface area contributed by atoms with Crippen LogP contribution < -0.4 is 9.47 Å². The molecule has 0 bridgehead atoms. The van der Waals surface area contributed by atoms with Crippen LogP contribution in [0.5, 0.6) is 11.5 Å². The van der Waals surface area contributed by atoms with Gasteiger partial charge in [0.1, 0.15) is 23.9 Å². The number of carbonyl (C=O) groups excluding carboxylic acids is 1. The van der Waals surface area contributed by atoms with E-state index in [1.807, 2.05) is 55.9 Å². The van der Waals surface area contributed by atoms with Crippen LogP contribution in [-0.2, 0) is 13.7 Å². The first-order chi connectivity index (χ1) is 13.5. The first kappa shape index (κ1) is 19.4. The zero-order valence-corrected chi connectivity index (χ0v) is 16.3. The van der Waals surface area contributed by atoms with Gasteiger partial charge < -0.3 is 14.0 Å². The minimum atomic E-state index is -0.0741. The van der Waals surface area contributed by atoms with Crippen LogP contribution in [0, 0.1) is 0 Å². The molecule has 0 spiro atoms. The number of rotatable bonds is 8. The lowest BCUT2D eigenvalue weighted by Gasteiger charge is -2.11. The van der Waals surface area contributed by atoms with Crippen molar-refractivity contribution in [2.75, 3.05) is 0 Å². The fourth-order valence-electron chi connectivity index (χ4n) is 2.64. The van der Waals surface area contributed by atoms with E-state index in [9.17, 15) is 4.79 Å². The van der Waals surface area contributed by atoms with E-state index in [1.54, 1.807) is 42.6 Å². The second-order valence-corrected chi connectivity index (χ2v) is 6.67. The van der Waals surface area contributed by atoms with Gasteiger partial charge in [-0.1, -0.05) is 18.2 Å². The Morgan fingerprint density at radius 1 is 1.14 bits per heavy atom. The van der Waals surface area contributed by atoms with Gasteiger partial charge >= 0.3 is 0 Å². The van der Waals surface area contributed by atoms with Crippen LogP contribution in [-0.4, -0.2) is 21.4 Å². The maximum absolute atomic E-state index is 12.5. The fourth-order valence-corrected chi connectivity index (χ4v) is 2.64. The third kappa shape index (κ3) is 5.10. The molecular formula is C23H24N2O3. The minimum absolute atomic E-state index is 0.0727. The minimum Gasteiger partial charge on any atom is -0.490 e. The Morgan fingerprint density at radius 2 is 1.89 bits per heavy atom. The van der Waals surface area contributed by atoms with E-state index in [2.05, 4.69) is 4.98 Å². The van der Waals surface area contributed by atoms with Crippen LogP contribution in [0.25, 0.3) is 6.08 Å². The summed E-state index contributed by atoms with van der Waals surface area (Å²) in [5.41, 5.74) is 1.47. The Bertz CT molecular complexity index is 956. The fraction of sp³-hybridized carbons (Fsp3) is 0.217. The number of aryl methyl sites for hydroxylation is 1. The SMILES string of the molecule is CC(C)Oc1ccccc1C=CC(=O)c1ccc(OCc2nccn2C)cc1. The van der Waals surface area contributed by atoms with Gasteiger partial charge in [-0.25, -0.2) is 4.98 Å². The van der Waals surface area contributed by atoms with Gasteiger partial charge in [0.15, 0.2) is 5.78 Å². The molecule has 1 heterocycles. The number of hydrogen-bond donors (Lipinski definition) is 0. The van der Waals surface area contributed by atoms with Gasteiger partial charge in [-0.05, 0) is 56.3 Å². The molecule has 0 aliphatic rings. The highest BCUT2D eigenvalue weighted by Crippen LogP contribution is 2.21. The molecule has 2 aromatic carbocycles. The quantitative estimate of drug-likeness (QED) is 0.423. The number of ether oxygens (including phenoxy) is 2. The molecule has 3 rings (SSSR count). The Balaban J connectivity index is 1.63. The highest BCUT2D eigenvalue weighted by Gasteiger charge is 2.06. The highest BCUT2D eigenvalue weighted by atomic mass is 16.5. The third-order valence-electron chi connectivity index (χ3n) is 4.12. The first-order valence-corrected chi connectivity index (χ1v) is 9.20. The Kier molecular flexibility index (Phi) is 6.27. The summed E-state index contributed by atoms with van der Waals surface area (Å²) < 4.78 is 13.4. The van der Waals surface area contributed by atoms with E-state index >= 15 is 0 Å². The molecule has 0 saturated heterocycles. The molecule has 0 aliphatic heterocycles. The number of ketones is 1. The Labute approximate surface area is 165 Å². The molecule has 0 unspecified atom stereocenters. The average Bonchev–Trinajstić information content (AvgIpc) is 3.10. The Morgan fingerprint density at radius 3 is 2.57 bits per heavy atom. The van der Waals surface area contributed by atoms with Crippen LogP contribution in [0.4, 0.5) is 0 Å². The predicted octanol–water partition coefficient (Wildman–Crippen LogP) is 4.68. The smallest absolute Gasteiger partial charge is 0.185 e. The van der Waals surface area contributed by atoms with Crippen molar-refractivity contribution in [2.24, 2.45) is 7.05 Å². The summed E-state index contributed by atoms with van der Waals surface area (Å²) in [4.78, 5) is 16.7. The summed E-state index contributed by atoms with van der Waals surface area (Å²) >= 11 is 0. The zero-order chi connectivity index (χ0) is 19.9. The van der Waals surface area contributed by atoms with E-state index in [0.717, 1.165) is 17.1 Å². The van der Waals surface area contributed by atoms with E-state index in [0.29, 0.717) is 17.9 Å². The molecule has 0 amide bonds. The molecule has 144 valence electrons. The molecule has 0 aliphatic carbocycles. The van der Waals surface area contributed by atoms with Gasteiger partial charge in [0.05, 0.1) is 6.10 Å². The lowest BCUT2D eigenvalue weighted by atomic mass is 10.1. The van der Waals surface area contributed by atoms with Crippen molar-refractivity contribution in [3.63, 3.8) is 0 Å². The summed E-state index contributed by atoms with van der Waals surface area (Å²) in [6, 6.07) is 14.8. The van der Waals surface area contributed by atoms with Crippen molar-refractivity contribution in [3.05, 3.63) is 84.0 Å². The molecule has 5 heteroatoms. The van der Waals surface area contributed by atoms with Crippen LogP contribution in [0.2, 0.25) is 0 Å². The molecule has 0 fully saturated rings. The molecule has 0 saturated carbocycles. The predicted molar refractivity (Wildman–Crippen MR) is 110 cm³/mol. The van der Waals surface area contributed by atoms with Crippen LogP contribution in [0.1, 0.15) is 35.6 Å². The van der Waals surface area contributed by atoms with Gasteiger partial charge in [0.25, 0.3) is 0 Å². The topological polar surface area (TPSA) is 53.4 Å². The normalized spacial score (nSPS) is 11.1. The zero-order valence-electron chi connectivity index (χ0n) is 16.3. The van der Waals surface area contributed by atoms with E-state index < -0.39 is 0 Å². The third-order valence-corrected chi connectivity index (χ3v) is 4.12. The van der Waals surface area contributed by atoms with Gasteiger partial charge in [-0.15, -0.1) is 0 Å². The van der Waals surface area contributed by atoms with Crippen molar-refractivity contribution in [2.45, 2.75) is 26.6 Å². The van der Waals surface area contributed by atoms with Gasteiger partial charge in [-0.3, -0.25) is 4.79 Å². The summed E-state index contributed by atoms with van der Waals surface area (Å²) in [5.74, 6) is 2.22. The maximum atomic E-state index is 12.5. The summed E-state index contributed by atoms with van der Waals surface area (Å²) in [5, 5.41) is 0. The second-order valence-electron chi connectivity index (χ2n) is 6.67. The van der Waals surface area contributed by atoms with E-state index in [4.69, 9.17) is 9.47 Å². The van der Waals surface area contributed by atoms with Crippen molar-refractivity contribution in [1.82, 2.24) is 9.55 Å². The van der Waals surface area contributed by atoms with Crippen molar-refractivity contribution < 1.29 is 14.3 Å². The number of hydrogen-bond acceptors (Lipinski definition) is 4. The molecule has 0 radical (unpaired) electrons. The van der Waals surface area contributed by atoms with Crippen molar-refractivity contribution in [3.8, 4) is 11.5 Å². The monoisotopic (exact) mass is 376 g/mol. The van der Waals surface area contributed by atoms with Gasteiger partial charge in [0, 0.05) is 30.6 Å². The lowest BCUT2D eigenvalue weighted by molar-refractivity contribution is 0.104. The summed E-state index contributed by atoms with van der Waals surface area (Å²) in [6.45, 7) is 4.33. The Hall–Kier alpha value is -3.34. The molecule has 5 nitrogen and oxygen atoms in total.